The largest absolute Gasteiger partial charge is 0.326 e. The lowest BCUT2D eigenvalue weighted by molar-refractivity contribution is -0.121. The summed E-state index contributed by atoms with van der Waals surface area (Å²) in [6.07, 6.45) is 1.50. The number of hydrogen-bond acceptors (Lipinski definition) is 4. The van der Waals surface area contributed by atoms with Crippen LogP contribution in [0, 0.1) is 11.7 Å². The lowest BCUT2D eigenvalue weighted by Gasteiger charge is -2.31. The molecule has 1 saturated heterocycles. The number of piperidine rings is 1. The maximum Gasteiger partial charge on any atom is 0.308 e. The third-order valence-corrected chi connectivity index (χ3v) is 6.50. The fraction of sp³-hybridized carbons (Fsp3) is 0.364. The third-order valence-electron chi connectivity index (χ3n) is 5.56. The summed E-state index contributed by atoms with van der Waals surface area (Å²) in [7, 11) is 0. The number of aromatic nitrogens is 1. The van der Waals surface area contributed by atoms with Gasteiger partial charge in [-0.1, -0.05) is 29.5 Å². The predicted octanol–water partition coefficient (Wildman–Crippen LogP) is 4.07. The Morgan fingerprint density at radius 3 is 2.69 bits per heavy atom. The minimum absolute atomic E-state index is 0.0113. The molecule has 5 nitrogen and oxygen atoms in total. The fourth-order valence-corrected chi connectivity index (χ4v) is 4.90. The van der Waals surface area contributed by atoms with Crippen molar-refractivity contribution in [2.24, 2.45) is 5.92 Å². The number of carbonyl (C=O) groups is 1. The minimum Gasteiger partial charge on any atom is -0.326 e. The predicted molar refractivity (Wildman–Crippen MR) is 115 cm³/mol. The Hall–Kier alpha value is -2.51. The van der Waals surface area contributed by atoms with Crippen LogP contribution in [-0.4, -0.2) is 28.5 Å². The van der Waals surface area contributed by atoms with E-state index in [1.54, 1.807) is 10.6 Å². The number of amides is 1. The highest BCUT2D eigenvalue weighted by Gasteiger charge is 2.25. The molecule has 0 spiro atoms. The summed E-state index contributed by atoms with van der Waals surface area (Å²) in [6.45, 7) is 4.70. The van der Waals surface area contributed by atoms with Gasteiger partial charge in [0.2, 0.25) is 5.91 Å². The Balaban J connectivity index is 1.36. The van der Waals surface area contributed by atoms with Crippen molar-refractivity contribution in [1.82, 2.24) is 9.47 Å². The number of anilines is 1. The minimum atomic E-state index is -0.179. The van der Waals surface area contributed by atoms with Crippen LogP contribution in [-0.2, 0) is 17.9 Å². The summed E-state index contributed by atoms with van der Waals surface area (Å²) >= 11 is 1.20. The van der Waals surface area contributed by atoms with E-state index in [0.29, 0.717) is 18.7 Å². The molecule has 2 heterocycles. The lowest BCUT2D eigenvalue weighted by Crippen LogP contribution is -2.37. The smallest absolute Gasteiger partial charge is 0.308 e. The number of nitrogens with zero attached hydrogens (tertiary/aromatic N) is 2. The van der Waals surface area contributed by atoms with Crippen molar-refractivity contribution in [3.8, 4) is 0 Å². The van der Waals surface area contributed by atoms with Crippen molar-refractivity contribution in [2.75, 3.05) is 18.4 Å². The van der Waals surface area contributed by atoms with Crippen molar-refractivity contribution in [1.29, 1.82) is 0 Å². The topological polar surface area (TPSA) is 54.3 Å². The monoisotopic (exact) mass is 413 g/mol. The molecule has 0 radical (unpaired) electrons. The summed E-state index contributed by atoms with van der Waals surface area (Å²) in [5.74, 6) is -0.222. The second kappa shape index (κ2) is 8.47. The molecule has 0 bridgehead atoms. The Bertz CT molecular complexity index is 1080. The molecule has 3 aromatic rings. The number of benzene rings is 2. The zero-order valence-corrected chi connectivity index (χ0v) is 17.2. The van der Waals surface area contributed by atoms with Crippen LogP contribution >= 0.6 is 11.3 Å². The van der Waals surface area contributed by atoms with Crippen molar-refractivity contribution in [3.63, 3.8) is 0 Å². The molecule has 0 atom stereocenters. The van der Waals surface area contributed by atoms with Gasteiger partial charge in [-0.15, -0.1) is 0 Å². The molecule has 1 N–H and O–H groups in total. The molecule has 29 heavy (non-hydrogen) atoms. The number of thiazole rings is 1. The SMILES string of the molecule is CCn1c(=O)sc2cc(NC(=O)C3CCN(Cc4ccccc4F)CC3)ccc21. The fourth-order valence-electron chi connectivity index (χ4n) is 3.91. The maximum atomic E-state index is 13.8. The molecule has 0 aliphatic carbocycles. The first-order valence-electron chi connectivity index (χ1n) is 9.95. The van der Waals surface area contributed by atoms with Gasteiger partial charge in [-0.3, -0.25) is 19.1 Å². The van der Waals surface area contributed by atoms with Gasteiger partial charge >= 0.3 is 4.87 Å². The molecule has 7 heteroatoms. The number of likely N-dealkylation sites (tertiary alicyclic amines) is 1. The van der Waals surface area contributed by atoms with Crippen LogP contribution in [0.4, 0.5) is 10.1 Å². The number of carbonyl (C=O) groups excluding carboxylic acids is 1. The number of nitrogens with one attached hydrogen (secondary N) is 1. The summed E-state index contributed by atoms with van der Waals surface area (Å²) in [4.78, 5) is 26.9. The number of aryl methyl sites for hydroxylation is 1. The van der Waals surface area contributed by atoms with Gasteiger partial charge in [-0.2, -0.15) is 0 Å². The summed E-state index contributed by atoms with van der Waals surface area (Å²) in [5, 5.41) is 3.00. The molecule has 1 aromatic heterocycles. The van der Waals surface area contributed by atoms with E-state index in [4.69, 9.17) is 0 Å². The first kappa shape index (κ1) is 19.8. The molecule has 2 aromatic carbocycles. The van der Waals surface area contributed by atoms with E-state index in [-0.39, 0.29) is 22.5 Å². The molecule has 4 rings (SSSR count). The first-order chi connectivity index (χ1) is 14.0. The van der Waals surface area contributed by atoms with Crippen LogP contribution < -0.4 is 10.2 Å². The Morgan fingerprint density at radius 2 is 1.97 bits per heavy atom. The molecule has 1 amide bonds. The molecule has 0 unspecified atom stereocenters. The zero-order valence-electron chi connectivity index (χ0n) is 16.4. The standard InChI is InChI=1S/C22H24FN3O2S/c1-2-26-19-8-7-17(13-20(19)29-22(26)28)24-21(27)15-9-11-25(12-10-15)14-16-5-3-4-6-18(16)23/h3-8,13,15H,2,9-12,14H2,1H3,(H,24,27). The van der Waals surface area contributed by atoms with Gasteiger partial charge in [-0.05, 0) is 57.1 Å². The van der Waals surface area contributed by atoms with Crippen LogP contribution in [0.1, 0.15) is 25.3 Å². The van der Waals surface area contributed by atoms with E-state index in [1.165, 1.54) is 17.4 Å². The van der Waals surface area contributed by atoms with Crippen LogP contribution in [0.5, 0.6) is 0 Å². The molecule has 0 saturated carbocycles. The average Bonchev–Trinajstić information content (AvgIpc) is 3.04. The zero-order chi connectivity index (χ0) is 20.4. The van der Waals surface area contributed by atoms with Gasteiger partial charge in [0.05, 0.1) is 10.2 Å². The van der Waals surface area contributed by atoms with Crippen LogP contribution in [0.25, 0.3) is 10.2 Å². The molecule has 1 aliphatic rings. The molecular formula is C22H24FN3O2S. The highest BCUT2D eigenvalue weighted by Crippen LogP contribution is 2.25. The van der Waals surface area contributed by atoms with Gasteiger partial charge in [0.15, 0.2) is 0 Å². The second-order valence-corrected chi connectivity index (χ2v) is 8.42. The second-order valence-electron chi connectivity index (χ2n) is 7.43. The number of hydrogen-bond donors (Lipinski definition) is 1. The molecule has 1 fully saturated rings. The van der Waals surface area contributed by atoms with Crippen LogP contribution in [0.15, 0.2) is 47.3 Å². The molecular weight excluding hydrogens is 389 g/mol. The Morgan fingerprint density at radius 1 is 1.21 bits per heavy atom. The van der Waals surface area contributed by atoms with Crippen molar-refractivity contribution >= 4 is 33.1 Å². The molecule has 152 valence electrons. The van der Waals surface area contributed by atoms with Gasteiger partial charge in [0.25, 0.3) is 0 Å². The lowest BCUT2D eigenvalue weighted by atomic mass is 9.95. The Kier molecular flexibility index (Phi) is 5.78. The van der Waals surface area contributed by atoms with Gasteiger partial charge in [0.1, 0.15) is 5.82 Å². The average molecular weight is 414 g/mol. The van der Waals surface area contributed by atoms with Crippen LogP contribution in [0.3, 0.4) is 0 Å². The van der Waals surface area contributed by atoms with E-state index >= 15 is 0 Å². The highest BCUT2D eigenvalue weighted by atomic mass is 32.1. The van der Waals surface area contributed by atoms with E-state index in [0.717, 1.165) is 41.8 Å². The number of rotatable bonds is 5. The van der Waals surface area contributed by atoms with E-state index < -0.39 is 0 Å². The first-order valence-corrected chi connectivity index (χ1v) is 10.8. The number of halogens is 1. The van der Waals surface area contributed by atoms with E-state index in [1.807, 2.05) is 37.3 Å². The quantitative estimate of drug-likeness (QED) is 0.686. The van der Waals surface area contributed by atoms with E-state index in [9.17, 15) is 14.0 Å². The molecule has 1 aliphatic heterocycles. The normalized spacial score (nSPS) is 15.7. The number of fused-ring (bicyclic) bond motifs is 1. The summed E-state index contributed by atoms with van der Waals surface area (Å²) < 4.78 is 16.5. The summed E-state index contributed by atoms with van der Waals surface area (Å²) in [5.41, 5.74) is 2.32. The Labute approximate surface area is 172 Å². The van der Waals surface area contributed by atoms with Gasteiger partial charge in [-0.25, -0.2) is 4.39 Å². The highest BCUT2D eigenvalue weighted by molar-refractivity contribution is 7.16. The van der Waals surface area contributed by atoms with Crippen molar-refractivity contribution < 1.29 is 9.18 Å². The van der Waals surface area contributed by atoms with E-state index in [2.05, 4.69) is 10.2 Å². The summed E-state index contributed by atoms with van der Waals surface area (Å²) in [6, 6.07) is 12.5. The third kappa shape index (κ3) is 4.26. The van der Waals surface area contributed by atoms with Gasteiger partial charge < -0.3 is 5.32 Å². The van der Waals surface area contributed by atoms with Crippen molar-refractivity contribution in [2.45, 2.75) is 32.9 Å². The van der Waals surface area contributed by atoms with Crippen molar-refractivity contribution in [3.05, 3.63) is 63.5 Å². The van der Waals surface area contributed by atoms with Gasteiger partial charge in [0, 0.05) is 30.3 Å². The maximum absolute atomic E-state index is 13.8. The van der Waals surface area contributed by atoms with Crippen LogP contribution in [0.2, 0.25) is 0 Å².